The van der Waals surface area contributed by atoms with Gasteiger partial charge in [-0.25, -0.2) is 4.79 Å². The van der Waals surface area contributed by atoms with Crippen LogP contribution in [0.4, 0.5) is 4.79 Å². The summed E-state index contributed by atoms with van der Waals surface area (Å²) in [4.78, 5) is 27.2. The monoisotopic (exact) mass is 297 g/mol. The van der Waals surface area contributed by atoms with Crippen LogP contribution in [0.2, 0.25) is 0 Å². The Labute approximate surface area is 126 Å². The molecule has 2 unspecified atom stereocenters. The van der Waals surface area contributed by atoms with Crippen LogP contribution in [-0.2, 0) is 4.79 Å². The molecule has 2 N–H and O–H groups in total. The number of carboxylic acid groups (broad SMARTS) is 1. The second-order valence-corrected chi connectivity index (χ2v) is 6.43. The molecule has 0 saturated carbocycles. The molecule has 2 fully saturated rings. The van der Waals surface area contributed by atoms with E-state index in [1.807, 2.05) is 6.92 Å². The largest absolute Gasteiger partial charge is 0.481 e. The molecule has 21 heavy (non-hydrogen) atoms. The van der Waals surface area contributed by atoms with Gasteiger partial charge in [-0.05, 0) is 58.7 Å². The summed E-state index contributed by atoms with van der Waals surface area (Å²) in [6.45, 7) is 5.33. The minimum absolute atomic E-state index is 0.112. The van der Waals surface area contributed by atoms with E-state index in [1.165, 1.54) is 12.8 Å². The lowest BCUT2D eigenvalue weighted by molar-refractivity contribution is -0.142. The summed E-state index contributed by atoms with van der Waals surface area (Å²) in [6, 6.07) is -0.329. The second kappa shape index (κ2) is 7.11. The minimum atomic E-state index is -0.802. The van der Waals surface area contributed by atoms with Crippen LogP contribution in [0.1, 0.15) is 32.6 Å². The number of carbonyl (C=O) groups is 2. The van der Waals surface area contributed by atoms with E-state index < -0.39 is 11.9 Å². The SMILES string of the molecule is CC1C(C(=O)O)CCN1C(=O)NCCC1CCN(C)CC1. The molecule has 6 heteroatoms. The van der Waals surface area contributed by atoms with Gasteiger partial charge in [-0.2, -0.15) is 0 Å². The number of nitrogens with one attached hydrogen (secondary N) is 1. The van der Waals surface area contributed by atoms with E-state index in [1.54, 1.807) is 4.90 Å². The third kappa shape index (κ3) is 4.09. The molecule has 6 nitrogen and oxygen atoms in total. The Balaban J connectivity index is 1.69. The molecule has 2 heterocycles. The van der Waals surface area contributed by atoms with E-state index >= 15 is 0 Å². The first kappa shape index (κ1) is 16.1. The van der Waals surface area contributed by atoms with E-state index in [-0.39, 0.29) is 12.1 Å². The first-order valence-corrected chi connectivity index (χ1v) is 7.95. The molecule has 0 spiro atoms. The van der Waals surface area contributed by atoms with E-state index in [0.717, 1.165) is 19.5 Å². The quantitative estimate of drug-likeness (QED) is 0.818. The highest BCUT2D eigenvalue weighted by molar-refractivity contribution is 5.78. The molecule has 2 amide bonds. The van der Waals surface area contributed by atoms with Crippen molar-refractivity contribution >= 4 is 12.0 Å². The Morgan fingerprint density at radius 3 is 2.43 bits per heavy atom. The van der Waals surface area contributed by atoms with Crippen LogP contribution in [0.3, 0.4) is 0 Å². The first-order valence-electron chi connectivity index (χ1n) is 7.95. The van der Waals surface area contributed by atoms with Crippen LogP contribution in [0.25, 0.3) is 0 Å². The van der Waals surface area contributed by atoms with Gasteiger partial charge in [0.05, 0.1) is 5.92 Å². The van der Waals surface area contributed by atoms with Gasteiger partial charge in [0.1, 0.15) is 0 Å². The van der Waals surface area contributed by atoms with Crippen LogP contribution >= 0.6 is 0 Å². The zero-order valence-corrected chi connectivity index (χ0v) is 13.0. The first-order chi connectivity index (χ1) is 9.99. The van der Waals surface area contributed by atoms with Gasteiger partial charge in [-0.3, -0.25) is 4.79 Å². The summed E-state index contributed by atoms with van der Waals surface area (Å²) in [5, 5.41) is 12.0. The normalized spacial score (nSPS) is 27.8. The summed E-state index contributed by atoms with van der Waals surface area (Å²) < 4.78 is 0. The molecule has 2 atom stereocenters. The number of amides is 2. The van der Waals surface area contributed by atoms with Crippen molar-refractivity contribution in [3.63, 3.8) is 0 Å². The Bertz CT molecular complexity index is 380. The Morgan fingerprint density at radius 1 is 1.19 bits per heavy atom. The highest BCUT2D eigenvalue weighted by Gasteiger charge is 2.38. The molecule has 0 bridgehead atoms. The summed E-state index contributed by atoms with van der Waals surface area (Å²) in [6.07, 6.45) is 3.98. The fourth-order valence-electron chi connectivity index (χ4n) is 3.39. The summed E-state index contributed by atoms with van der Waals surface area (Å²) >= 11 is 0. The number of piperidine rings is 1. The minimum Gasteiger partial charge on any atom is -0.481 e. The van der Waals surface area contributed by atoms with E-state index in [0.29, 0.717) is 25.4 Å². The molecule has 0 aromatic rings. The molecule has 0 aliphatic carbocycles. The standard InChI is InChI=1S/C15H27N3O3/c1-11-13(14(19)20)6-10-18(11)15(21)16-7-3-12-4-8-17(2)9-5-12/h11-13H,3-10H2,1-2H3,(H,16,21)(H,19,20). The van der Waals surface area contributed by atoms with Crippen molar-refractivity contribution in [1.29, 1.82) is 0 Å². The van der Waals surface area contributed by atoms with Crippen molar-refractivity contribution in [2.75, 3.05) is 33.2 Å². The highest BCUT2D eigenvalue weighted by atomic mass is 16.4. The summed E-state index contributed by atoms with van der Waals surface area (Å²) in [7, 11) is 2.14. The predicted molar refractivity (Wildman–Crippen MR) is 80.1 cm³/mol. The van der Waals surface area contributed by atoms with Gasteiger partial charge in [0, 0.05) is 19.1 Å². The lowest BCUT2D eigenvalue weighted by Crippen LogP contribution is -2.44. The smallest absolute Gasteiger partial charge is 0.317 e. The van der Waals surface area contributed by atoms with Crippen LogP contribution < -0.4 is 5.32 Å². The predicted octanol–water partition coefficient (Wildman–Crippen LogP) is 1.22. The van der Waals surface area contributed by atoms with Gasteiger partial charge < -0.3 is 20.2 Å². The van der Waals surface area contributed by atoms with Gasteiger partial charge in [0.25, 0.3) is 0 Å². The number of likely N-dealkylation sites (tertiary alicyclic amines) is 2. The molecule has 2 saturated heterocycles. The average Bonchev–Trinajstić information content (AvgIpc) is 2.83. The maximum absolute atomic E-state index is 12.1. The maximum Gasteiger partial charge on any atom is 0.317 e. The van der Waals surface area contributed by atoms with Crippen molar-refractivity contribution in [3.05, 3.63) is 0 Å². The van der Waals surface area contributed by atoms with Crippen molar-refractivity contribution in [2.45, 2.75) is 38.6 Å². The van der Waals surface area contributed by atoms with Gasteiger partial charge in [0.15, 0.2) is 0 Å². The van der Waals surface area contributed by atoms with Crippen molar-refractivity contribution < 1.29 is 14.7 Å². The highest BCUT2D eigenvalue weighted by Crippen LogP contribution is 2.24. The van der Waals surface area contributed by atoms with Gasteiger partial charge in [-0.15, -0.1) is 0 Å². The topological polar surface area (TPSA) is 72.9 Å². The van der Waals surface area contributed by atoms with Crippen LogP contribution in [0.15, 0.2) is 0 Å². The van der Waals surface area contributed by atoms with Crippen molar-refractivity contribution in [3.8, 4) is 0 Å². The Morgan fingerprint density at radius 2 is 1.86 bits per heavy atom. The molecule has 2 aliphatic heterocycles. The zero-order valence-electron chi connectivity index (χ0n) is 13.0. The molecule has 2 rings (SSSR count). The van der Waals surface area contributed by atoms with Gasteiger partial charge in [-0.1, -0.05) is 0 Å². The number of urea groups is 1. The molecule has 0 aromatic heterocycles. The third-order valence-corrected chi connectivity index (χ3v) is 5.00. The molecule has 0 radical (unpaired) electrons. The number of hydrogen-bond donors (Lipinski definition) is 2. The molecule has 120 valence electrons. The number of carboxylic acids is 1. The van der Waals surface area contributed by atoms with E-state index in [2.05, 4.69) is 17.3 Å². The number of aliphatic carboxylic acids is 1. The Kier molecular flexibility index (Phi) is 5.45. The second-order valence-electron chi connectivity index (χ2n) is 6.43. The number of hydrogen-bond acceptors (Lipinski definition) is 3. The van der Waals surface area contributed by atoms with E-state index in [4.69, 9.17) is 5.11 Å². The Hall–Kier alpha value is -1.30. The average molecular weight is 297 g/mol. The van der Waals surface area contributed by atoms with Gasteiger partial charge >= 0.3 is 12.0 Å². The fraction of sp³-hybridized carbons (Fsp3) is 0.867. The third-order valence-electron chi connectivity index (χ3n) is 5.00. The lowest BCUT2D eigenvalue weighted by Gasteiger charge is -2.29. The van der Waals surface area contributed by atoms with Crippen LogP contribution in [0.5, 0.6) is 0 Å². The number of carbonyl (C=O) groups excluding carboxylic acids is 1. The fourth-order valence-corrected chi connectivity index (χ4v) is 3.39. The number of nitrogens with zero attached hydrogens (tertiary/aromatic N) is 2. The maximum atomic E-state index is 12.1. The number of rotatable bonds is 4. The van der Waals surface area contributed by atoms with Crippen LogP contribution in [-0.4, -0.2) is 66.2 Å². The lowest BCUT2D eigenvalue weighted by atomic mass is 9.94. The van der Waals surface area contributed by atoms with Crippen LogP contribution in [0, 0.1) is 11.8 Å². The summed E-state index contributed by atoms with van der Waals surface area (Å²) in [5.41, 5.74) is 0. The van der Waals surface area contributed by atoms with Crippen molar-refractivity contribution in [1.82, 2.24) is 15.1 Å². The van der Waals surface area contributed by atoms with E-state index in [9.17, 15) is 9.59 Å². The van der Waals surface area contributed by atoms with Gasteiger partial charge in [0.2, 0.25) is 0 Å². The molecular formula is C15H27N3O3. The molecule has 0 aromatic carbocycles. The zero-order chi connectivity index (χ0) is 15.4. The molecule has 2 aliphatic rings. The van der Waals surface area contributed by atoms with Crippen molar-refractivity contribution in [2.24, 2.45) is 11.8 Å². The molecular weight excluding hydrogens is 270 g/mol. The summed E-state index contributed by atoms with van der Waals surface area (Å²) in [5.74, 6) is -0.530.